The van der Waals surface area contributed by atoms with Crippen LogP contribution in [0.1, 0.15) is 39.7 Å². The van der Waals surface area contributed by atoms with Crippen molar-refractivity contribution < 1.29 is 17.9 Å². The second kappa shape index (κ2) is 6.96. The molecule has 1 saturated heterocycles. The number of likely N-dealkylation sites (tertiary alicyclic amines) is 1. The highest BCUT2D eigenvalue weighted by molar-refractivity contribution is 7.91. The van der Waals surface area contributed by atoms with Crippen LogP contribution < -0.4 is 0 Å². The largest absolute Gasteiger partial charge is 0.444 e. The third-order valence-corrected chi connectivity index (χ3v) is 5.37. The second-order valence-electron chi connectivity index (χ2n) is 6.92. The van der Waals surface area contributed by atoms with Crippen LogP contribution >= 0.6 is 0 Å². The lowest BCUT2D eigenvalue weighted by Gasteiger charge is -2.33. The fourth-order valence-corrected chi connectivity index (χ4v) is 3.55. The number of hydrogen-bond donors (Lipinski definition) is 0. The van der Waals surface area contributed by atoms with Crippen molar-refractivity contribution in [3.05, 3.63) is 25.0 Å². The first-order valence-corrected chi connectivity index (χ1v) is 9.63. The maximum absolute atomic E-state index is 12.1. The van der Waals surface area contributed by atoms with Crippen LogP contribution in [0.4, 0.5) is 4.79 Å². The summed E-state index contributed by atoms with van der Waals surface area (Å²) in [5.74, 6) is -0.101. The summed E-state index contributed by atoms with van der Waals surface area (Å²) in [6.07, 6.45) is 5.41. The first-order valence-electron chi connectivity index (χ1n) is 7.98. The summed E-state index contributed by atoms with van der Waals surface area (Å²) in [4.78, 5) is 13.9. The molecule has 0 aromatic carbocycles. The van der Waals surface area contributed by atoms with E-state index in [0.717, 1.165) is 0 Å². The SMILES string of the molecule is C=CCS(=O)(=O)c1cnn(C2CCN(C(=O)OC(C)(C)C)CC2)c1. The molecule has 1 aromatic heterocycles. The minimum atomic E-state index is -3.36. The highest BCUT2D eigenvalue weighted by atomic mass is 32.2. The predicted octanol–water partition coefficient (Wildman–Crippen LogP) is 2.41. The third kappa shape index (κ3) is 4.59. The monoisotopic (exact) mass is 355 g/mol. The van der Waals surface area contributed by atoms with Gasteiger partial charge in [-0.15, -0.1) is 6.58 Å². The summed E-state index contributed by atoms with van der Waals surface area (Å²) in [5, 5.41) is 4.19. The van der Waals surface area contributed by atoms with Gasteiger partial charge in [-0.05, 0) is 33.6 Å². The molecule has 0 unspecified atom stereocenters. The lowest BCUT2D eigenvalue weighted by atomic mass is 10.1. The Morgan fingerprint density at radius 2 is 2.04 bits per heavy atom. The molecule has 0 aliphatic carbocycles. The van der Waals surface area contributed by atoms with Gasteiger partial charge in [-0.25, -0.2) is 13.2 Å². The molecule has 1 fully saturated rings. The van der Waals surface area contributed by atoms with Gasteiger partial charge >= 0.3 is 6.09 Å². The van der Waals surface area contributed by atoms with Crippen molar-refractivity contribution in [2.45, 2.75) is 50.2 Å². The maximum Gasteiger partial charge on any atom is 0.410 e. The van der Waals surface area contributed by atoms with Crippen molar-refractivity contribution >= 4 is 15.9 Å². The van der Waals surface area contributed by atoms with E-state index in [1.54, 1.807) is 15.8 Å². The van der Waals surface area contributed by atoms with Crippen molar-refractivity contribution in [2.24, 2.45) is 0 Å². The van der Waals surface area contributed by atoms with Gasteiger partial charge in [0.05, 0.1) is 18.0 Å². The van der Waals surface area contributed by atoms with Gasteiger partial charge in [-0.1, -0.05) is 6.08 Å². The summed E-state index contributed by atoms with van der Waals surface area (Å²) >= 11 is 0. The Morgan fingerprint density at radius 3 is 2.58 bits per heavy atom. The first-order chi connectivity index (χ1) is 11.1. The molecular formula is C16H25N3O4S. The molecule has 1 amide bonds. The Morgan fingerprint density at radius 1 is 1.42 bits per heavy atom. The van der Waals surface area contributed by atoms with E-state index >= 15 is 0 Å². The van der Waals surface area contributed by atoms with E-state index in [1.165, 1.54) is 12.3 Å². The van der Waals surface area contributed by atoms with E-state index in [0.29, 0.717) is 25.9 Å². The average Bonchev–Trinajstić information content (AvgIpc) is 2.96. The number of rotatable bonds is 4. The van der Waals surface area contributed by atoms with Crippen LogP contribution in [-0.4, -0.2) is 53.6 Å². The van der Waals surface area contributed by atoms with E-state index in [4.69, 9.17) is 4.74 Å². The summed E-state index contributed by atoms with van der Waals surface area (Å²) in [6.45, 7) is 10.1. The molecule has 0 N–H and O–H groups in total. The molecule has 1 aromatic rings. The van der Waals surface area contributed by atoms with Gasteiger partial charge in [0.25, 0.3) is 0 Å². The number of carbonyl (C=O) groups excluding carboxylic acids is 1. The second-order valence-corrected chi connectivity index (χ2v) is 8.96. The Labute approximate surface area is 143 Å². The Kier molecular flexibility index (Phi) is 5.37. The molecule has 1 aliphatic heterocycles. The molecule has 24 heavy (non-hydrogen) atoms. The molecule has 0 radical (unpaired) electrons. The summed E-state index contributed by atoms with van der Waals surface area (Å²) < 4.78 is 31.1. The topological polar surface area (TPSA) is 81.5 Å². The maximum atomic E-state index is 12.1. The van der Waals surface area contributed by atoms with Gasteiger partial charge in [-0.3, -0.25) is 4.68 Å². The van der Waals surface area contributed by atoms with Crippen LogP contribution in [0.25, 0.3) is 0 Å². The van der Waals surface area contributed by atoms with Crippen molar-refractivity contribution in [3.63, 3.8) is 0 Å². The number of amides is 1. The fraction of sp³-hybridized carbons (Fsp3) is 0.625. The van der Waals surface area contributed by atoms with Gasteiger partial charge in [0.1, 0.15) is 10.5 Å². The number of carbonyl (C=O) groups is 1. The summed E-state index contributed by atoms with van der Waals surface area (Å²) in [5.41, 5.74) is -0.510. The standard InChI is InChI=1S/C16H25N3O4S/c1-5-10-24(21,22)14-11-17-19(12-14)13-6-8-18(9-7-13)15(20)23-16(2,3)4/h5,11-13H,1,6-10H2,2-4H3. The number of hydrogen-bond acceptors (Lipinski definition) is 5. The molecule has 134 valence electrons. The lowest BCUT2D eigenvalue weighted by molar-refractivity contribution is 0.0184. The van der Waals surface area contributed by atoms with Crippen LogP contribution in [0.3, 0.4) is 0 Å². The Hall–Kier alpha value is -1.83. The van der Waals surface area contributed by atoms with E-state index in [9.17, 15) is 13.2 Å². The van der Waals surface area contributed by atoms with Crippen LogP contribution in [0.5, 0.6) is 0 Å². The molecule has 0 atom stereocenters. The minimum absolute atomic E-state index is 0.0800. The number of piperidine rings is 1. The normalized spacial score (nSPS) is 16.9. The van der Waals surface area contributed by atoms with E-state index in [1.807, 2.05) is 20.8 Å². The van der Waals surface area contributed by atoms with E-state index < -0.39 is 15.4 Å². The number of aromatic nitrogens is 2. The van der Waals surface area contributed by atoms with Crippen molar-refractivity contribution in [3.8, 4) is 0 Å². The lowest BCUT2D eigenvalue weighted by Crippen LogP contribution is -2.42. The van der Waals surface area contributed by atoms with Crippen LogP contribution in [0.2, 0.25) is 0 Å². The molecule has 1 aliphatic rings. The molecule has 8 heteroatoms. The smallest absolute Gasteiger partial charge is 0.410 e. The van der Waals surface area contributed by atoms with Crippen molar-refractivity contribution in [2.75, 3.05) is 18.8 Å². The van der Waals surface area contributed by atoms with Gasteiger partial charge in [0, 0.05) is 19.3 Å². The number of sulfone groups is 1. The van der Waals surface area contributed by atoms with Gasteiger partial charge in [0.2, 0.25) is 0 Å². The Balaban J connectivity index is 1.97. The number of ether oxygens (including phenoxy) is 1. The van der Waals surface area contributed by atoms with Crippen LogP contribution in [0.15, 0.2) is 29.9 Å². The quantitative estimate of drug-likeness (QED) is 0.775. The third-order valence-electron chi connectivity index (χ3n) is 3.76. The molecule has 7 nitrogen and oxygen atoms in total. The number of nitrogens with zero attached hydrogens (tertiary/aromatic N) is 3. The highest BCUT2D eigenvalue weighted by Crippen LogP contribution is 2.24. The van der Waals surface area contributed by atoms with E-state index in [-0.39, 0.29) is 22.8 Å². The molecule has 0 bridgehead atoms. The Bertz CT molecular complexity index is 695. The fourth-order valence-electron chi connectivity index (χ4n) is 2.57. The average molecular weight is 355 g/mol. The minimum Gasteiger partial charge on any atom is -0.444 e. The molecule has 0 spiro atoms. The first kappa shape index (κ1) is 18.5. The molecule has 0 saturated carbocycles. The zero-order valence-corrected chi connectivity index (χ0v) is 15.3. The summed E-state index contributed by atoms with van der Waals surface area (Å²) in [6, 6.07) is 0.0800. The van der Waals surface area contributed by atoms with Gasteiger partial charge < -0.3 is 9.64 Å². The zero-order chi connectivity index (χ0) is 18.0. The van der Waals surface area contributed by atoms with Crippen LogP contribution in [0, 0.1) is 0 Å². The highest BCUT2D eigenvalue weighted by Gasteiger charge is 2.28. The van der Waals surface area contributed by atoms with Gasteiger partial charge in [-0.2, -0.15) is 5.10 Å². The summed E-state index contributed by atoms with van der Waals surface area (Å²) in [7, 11) is -3.36. The van der Waals surface area contributed by atoms with Crippen LogP contribution in [-0.2, 0) is 14.6 Å². The van der Waals surface area contributed by atoms with Crippen molar-refractivity contribution in [1.82, 2.24) is 14.7 Å². The van der Waals surface area contributed by atoms with E-state index in [2.05, 4.69) is 11.7 Å². The molecule has 2 heterocycles. The zero-order valence-electron chi connectivity index (χ0n) is 14.4. The molecular weight excluding hydrogens is 330 g/mol. The predicted molar refractivity (Wildman–Crippen MR) is 90.6 cm³/mol. The van der Waals surface area contributed by atoms with Gasteiger partial charge in [0.15, 0.2) is 9.84 Å². The molecule has 2 rings (SSSR count). The van der Waals surface area contributed by atoms with Crippen molar-refractivity contribution in [1.29, 1.82) is 0 Å².